The van der Waals surface area contributed by atoms with Crippen molar-refractivity contribution in [1.29, 1.82) is 0 Å². The van der Waals surface area contributed by atoms with Gasteiger partial charge >= 0.3 is 5.78 Å². The number of hydrogen-bond acceptors (Lipinski definition) is 2. The minimum Gasteiger partial charge on any atom is -0.511 e. The van der Waals surface area contributed by atoms with Gasteiger partial charge in [-0.3, -0.25) is 4.79 Å². The largest absolute Gasteiger partial charge is 0.511 e. The number of halogens is 3. The molecule has 0 aliphatic heterocycles. The van der Waals surface area contributed by atoms with Gasteiger partial charge in [0.15, 0.2) is 0 Å². The number of aryl methyl sites for hydroxylation is 2. The fourth-order valence-corrected chi connectivity index (χ4v) is 4.74. The summed E-state index contributed by atoms with van der Waals surface area (Å²) in [6.45, 7) is 15.4. The summed E-state index contributed by atoms with van der Waals surface area (Å²) >= 11 is 0. The summed E-state index contributed by atoms with van der Waals surface area (Å²) < 4.78 is 43.7. The Morgan fingerprint density at radius 2 is 1.42 bits per heavy atom. The molecule has 45 heavy (non-hydrogen) atoms. The Kier molecular flexibility index (Phi) is 10.8. The number of fused-ring (bicyclic) bond motifs is 3. The summed E-state index contributed by atoms with van der Waals surface area (Å²) in [7, 11) is 0. The predicted octanol–water partition coefficient (Wildman–Crippen LogP) is 10.6. The average molecular weight is 790 g/mol. The van der Waals surface area contributed by atoms with Crippen molar-refractivity contribution in [3.63, 3.8) is 0 Å². The van der Waals surface area contributed by atoms with Crippen molar-refractivity contribution in [1.82, 2.24) is 4.98 Å². The molecular weight excluding hydrogens is 752 g/mol. The zero-order chi connectivity index (χ0) is 32.6. The summed E-state index contributed by atoms with van der Waals surface area (Å²) in [5.41, 5.74) is 3.16. The van der Waals surface area contributed by atoms with Crippen LogP contribution in [0, 0.1) is 48.2 Å². The molecule has 7 heteroatoms. The van der Waals surface area contributed by atoms with Gasteiger partial charge in [0.05, 0.1) is 17.1 Å². The van der Waals surface area contributed by atoms with E-state index in [9.17, 15) is 14.3 Å². The van der Waals surface area contributed by atoms with Crippen molar-refractivity contribution in [2.24, 2.45) is 10.8 Å². The van der Waals surface area contributed by atoms with E-state index in [-0.39, 0.29) is 48.0 Å². The Labute approximate surface area is 276 Å². The van der Waals surface area contributed by atoms with Crippen LogP contribution >= 0.6 is 0 Å². The van der Waals surface area contributed by atoms with Crippen LogP contribution in [0.3, 0.4) is 0 Å². The number of ketones is 1. The average Bonchev–Trinajstić information content (AvgIpc) is 2.92. The zero-order valence-corrected chi connectivity index (χ0v) is 29.1. The first-order chi connectivity index (χ1) is 20.5. The van der Waals surface area contributed by atoms with Crippen LogP contribution in [0.15, 0.2) is 78.7 Å². The predicted molar refractivity (Wildman–Crippen MR) is 175 cm³/mol. The number of allylic oxidation sites excluding steroid dienone is 2. The van der Waals surface area contributed by atoms with E-state index in [2.05, 4.69) is 11.1 Å². The number of benzene rings is 4. The van der Waals surface area contributed by atoms with Gasteiger partial charge in [-0.05, 0) is 72.5 Å². The van der Waals surface area contributed by atoms with Crippen LogP contribution in [-0.4, -0.2) is 20.7 Å². The van der Waals surface area contributed by atoms with Gasteiger partial charge in [-0.15, -0.1) is 34.9 Å². The zero-order valence-electron chi connectivity index (χ0n) is 26.7. The number of pyridine rings is 1. The molecule has 0 spiro atoms. The Balaban J connectivity index is 0.000000338. The van der Waals surface area contributed by atoms with Crippen molar-refractivity contribution in [3.8, 4) is 22.4 Å². The van der Waals surface area contributed by atoms with Gasteiger partial charge in [0.1, 0.15) is 23.2 Å². The van der Waals surface area contributed by atoms with E-state index in [1.54, 1.807) is 24.4 Å². The van der Waals surface area contributed by atoms with E-state index in [1.165, 1.54) is 36.4 Å². The van der Waals surface area contributed by atoms with E-state index in [4.69, 9.17) is 0 Å². The van der Waals surface area contributed by atoms with E-state index in [1.807, 2.05) is 67.5 Å². The van der Waals surface area contributed by atoms with E-state index < -0.39 is 17.5 Å². The topological polar surface area (TPSA) is 54.5 Å². The van der Waals surface area contributed by atoms with Gasteiger partial charge < -0.3 is 10.1 Å². The number of aliphatic hydroxyl groups is 1. The maximum absolute atomic E-state index is 15.4. The van der Waals surface area contributed by atoms with Gasteiger partial charge in [0, 0.05) is 37.1 Å². The Morgan fingerprint density at radius 1 is 0.800 bits per heavy atom. The molecule has 1 radical (unpaired) electrons. The van der Waals surface area contributed by atoms with E-state index in [0.29, 0.717) is 21.7 Å². The number of aromatic nitrogens is 1. The molecule has 0 bridgehead atoms. The van der Waals surface area contributed by atoms with Gasteiger partial charge in [-0.2, -0.15) is 0 Å². The van der Waals surface area contributed by atoms with Crippen molar-refractivity contribution in [2.75, 3.05) is 0 Å². The van der Waals surface area contributed by atoms with Crippen LogP contribution in [0.2, 0.25) is 0 Å². The quantitative estimate of drug-likeness (QED) is 0.0651. The summed E-state index contributed by atoms with van der Waals surface area (Å²) in [5.74, 6) is -1.40. The molecule has 1 heterocycles. The summed E-state index contributed by atoms with van der Waals surface area (Å²) in [5, 5.41) is 11.9. The van der Waals surface area contributed by atoms with Gasteiger partial charge in [0.2, 0.25) is 0 Å². The summed E-state index contributed by atoms with van der Waals surface area (Å²) in [6, 6.07) is 19.0. The first-order valence-electron chi connectivity index (χ1n) is 14.4. The molecule has 1 aromatic heterocycles. The minimum absolute atomic E-state index is 0. The first kappa shape index (κ1) is 35.7. The molecule has 0 saturated carbocycles. The molecule has 5 aromatic rings. The van der Waals surface area contributed by atoms with Crippen molar-refractivity contribution in [2.45, 2.75) is 55.4 Å². The molecule has 4 aromatic carbocycles. The molecule has 0 fully saturated rings. The smallest absolute Gasteiger partial charge is 0.325 e. The third kappa shape index (κ3) is 8.08. The number of carbonyl (C=O) groups excluding carboxylic acids is 1. The molecule has 2 N–H and O–H groups in total. The van der Waals surface area contributed by atoms with Crippen LogP contribution in [-0.2, 0) is 20.1 Å². The van der Waals surface area contributed by atoms with Crippen molar-refractivity contribution >= 4 is 27.3 Å². The van der Waals surface area contributed by atoms with Crippen LogP contribution in [0.1, 0.15) is 52.7 Å². The van der Waals surface area contributed by atoms with Gasteiger partial charge in [0.25, 0.3) is 0 Å². The maximum Gasteiger partial charge on any atom is 0.325 e. The number of rotatable bonds is 3. The van der Waals surface area contributed by atoms with Crippen LogP contribution < -0.4 is 0 Å². The second-order valence-corrected chi connectivity index (χ2v) is 13.1. The normalized spacial score (nSPS) is 12.0. The SMILES string of the molecule is CC(C)(C)C(=[OH+])/C=C(\O)C(C)(C)C.Cc1[c-]c(-c2nccc3c2ccc2c(F)c(-c4ccc(F)cc4)c(F)cc23)cc(C)c1.[Ir]. The van der Waals surface area contributed by atoms with Gasteiger partial charge in [-0.1, -0.05) is 58.9 Å². The first-order valence-corrected chi connectivity index (χ1v) is 14.4. The maximum atomic E-state index is 15.4. The second-order valence-electron chi connectivity index (χ2n) is 13.1. The summed E-state index contributed by atoms with van der Waals surface area (Å²) in [4.78, 5) is 14.1. The van der Waals surface area contributed by atoms with E-state index in [0.717, 1.165) is 27.8 Å². The molecule has 0 aliphatic carbocycles. The van der Waals surface area contributed by atoms with E-state index >= 15 is 8.78 Å². The molecule has 0 amide bonds. The summed E-state index contributed by atoms with van der Waals surface area (Å²) in [6.07, 6.45) is 3.09. The molecular formula is C38H38F3IrNO2. The number of nitrogens with zero attached hydrogens (tertiary/aromatic N) is 1. The minimum atomic E-state index is -0.694. The molecule has 0 saturated heterocycles. The molecule has 5 rings (SSSR count). The molecule has 3 nitrogen and oxygen atoms in total. The van der Waals surface area contributed by atoms with Crippen LogP contribution in [0.25, 0.3) is 43.9 Å². The van der Waals surface area contributed by atoms with Crippen molar-refractivity contribution in [3.05, 3.63) is 113 Å². The van der Waals surface area contributed by atoms with Crippen molar-refractivity contribution < 1.29 is 43.2 Å². The molecule has 0 unspecified atom stereocenters. The monoisotopic (exact) mass is 790 g/mol. The standard InChI is InChI=1S/C27H17F3N.C11H20O2.Ir/c1-15-11-16(2)13-18(12-15)27-22-8-7-21-23(20(22)9-10-31-27)14-24(29)25(26(21)30)17-3-5-19(28)6-4-17;1-10(2,3)8(12)7-9(13)11(4,5)6;/h3-12,14H,1-2H3;7,12H,1-6H3;/q-1;;/p+1/b;8-7-;. The molecule has 237 valence electrons. The second kappa shape index (κ2) is 13.7. The third-order valence-electron chi connectivity index (χ3n) is 7.30. The van der Waals surface area contributed by atoms with Crippen LogP contribution in [0.4, 0.5) is 13.2 Å². The molecule has 0 atom stereocenters. The molecule has 0 aliphatic rings. The fourth-order valence-electron chi connectivity index (χ4n) is 4.74. The Bertz CT molecular complexity index is 1880. The Morgan fingerprint density at radius 3 is 2.00 bits per heavy atom. The fraction of sp³-hybridized carbons (Fsp3) is 0.263. The van der Waals surface area contributed by atoms with Crippen LogP contribution in [0.5, 0.6) is 0 Å². The van der Waals surface area contributed by atoms with Gasteiger partial charge in [-0.25, -0.2) is 13.2 Å². The number of aliphatic hydroxyl groups excluding tert-OH is 1. The number of hydrogen-bond donors (Lipinski definition) is 1. The third-order valence-corrected chi connectivity index (χ3v) is 7.30. The Hall–Kier alpha value is -3.80.